The first-order valence-corrected chi connectivity index (χ1v) is 27.8. The van der Waals surface area contributed by atoms with Crippen LogP contribution in [-0.2, 0) is 14.3 Å². The minimum Gasteiger partial charge on any atom is -0.466 e. The van der Waals surface area contributed by atoms with Crippen LogP contribution in [0.1, 0.15) is 290 Å². The SMILES string of the molecule is CCCCC/C=C\CCCCCCCC(=O)OCCCCC/C=C\CCCCCCCC(=O)NC(CO)C(O)/C=C/CCCCCCCCCCCCCCCCCCCCCC. The average Bonchev–Trinajstić information content (AvgIpc) is 3.28. The van der Waals surface area contributed by atoms with E-state index < -0.39 is 12.1 Å². The molecule has 0 saturated heterocycles. The van der Waals surface area contributed by atoms with Crippen molar-refractivity contribution in [1.82, 2.24) is 5.32 Å². The van der Waals surface area contributed by atoms with E-state index in [0.29, 0.717) is 19.4 Å². The van der Waals surface area contributed by atoms with Crippen molar-refractivity contribution in [2.24, 2.45) is 0 Å². The van der Waals surface area contributed by atoms with Crippen LogP contribution in [0.15, 0.2) is 36.5 Å². The molecule has 63 heavy (non-hydrogen) atoms. The van der Waals surface area contributed by atoms with Gasteiger partial charge in [0.2, 0.25) is 5.91 Å². The zero-order valence-corrected chi connectivity index (χ0v) is 42.1. The third kappa shape index (κ3) is 49.4. The summed E-state index contributed by atoms with van der Waals surface area (Å²) in [6.45, 7) is 4.82. The Labute approximate surface area is 392 Å². The summed E-state index contributed by atoms with van der Waals surface area (Å²) in [5, 5.41) is 23.1. The van der Waals surface area contributed by atoms with Crippen molar-refractivity contribution >= 4 is 11.9 Å². The van der Waals surface area contributed by atoms with Crippen molar-refractivity contribution in [1.29, 1.82) is 0 Å². The van der Waals surface area contributed by atoms with Crippen molar-refractivity contribution in [3.63, 3.8) is 0 Å². The number of ether oxygens (including phenoxy) is 1. The number of hydrogen-bond acceptors (Lipinski definition) is 5. The van der Waals surface area contributed by atoms with Gasteiger partial charge in [-0.3, -0.25) is 9.59 Å². The Bertz CT molecular complexity index is 1020. The molecule has 0 aliphatic heterocycles. The average molecular weight is 886 g/mol. The molecule has 3 N–H and O–H groups in total. The molecule has 6 heteroatoms. The lowest BCUT2D eigenvalue weighted by Gasteiger charge is -2.20. The number of unbranched alkanes of at least 4 members (excludes halogenated alkanes) is 36. The predicted octanol–water partition coefficient (Wildman–Crippen LogP) is 16.9. The molecule has 1 amide bonds. The number of amides is 1. The van der Waals surface area contributed by atoms with Gasteiger partial charge in [-0.15, -0.1) is 0 Å². The van der Waals surface area contributed by atoms with E-state index >= 15 is 0 Å². The van der Waals surface area contributed by atoms with E-state index in [0.717, 1.165) is 83.5 Å². The Morgan fingerprint density at radius 2 is 0.746 bits per heavy atom. The fourth-order valence-electron chi connectivity index (χ4n) is 8.33. The molecule has 2 atom stereocenters. The molecule has 0 aromatic carbocycles. The van der Waals surface area contributed by atoms with E-state index in [4.69, 9.17) is 4.74 Å². The van der Waals surface area contributed by atoms with E-state index in [-0.39, 0.29) is 18.5 Å². The van der Waals surface area contributed by atoms with Gasteiger partial charge in [-0.25, -0.2) is 0 Å². The molecule has 0 aliphatic carbocycles. The number of carbonyl (C=O) groups is 2. The molecule has 0 aliphatic rings. The van der Waals surface area contributed by atoms with E-state index in [2.05, 4.69) is 43.5 Å². The summed E-state index contributed by atoms with van der Waals surface area (Å²) < 4.78 is 5.43. The highest BCUT2D eigenvalue weighted by molar-refractivity contribution is 5.76. The zero-order chi connectivity index (χ0) is 45.8. The number of aliphatic hydroxyl groups is 2. The number of esters is 1. The zero-order valence-electron chi connectivity index (χ0n) is 42.1. The standard InChI is InChI=1S/C57H107NO5/c1-3-5-7-9-11-13-15-17-18-19-20-21-22-23-24-25-26-29-33-37-41-45-49-55(60)54(53-59)58-56(61)50-46-42-38-34-30-27-28-32-36-40-44-48-52-63-57(62)51-47-43-39-35-31-16-14-12-10-8-6-4-2/h12,14,28,32,45,49,54-55,59-60H,3-11,13,15-27,29-31,33-44,46-48,50-53H2,1-2H3,(H,58,61)/b14-12-,32-28-,49-45+. The van der Waals surface area contributed by atoms with E-state index in [1.165, 1.54) is 180 Å². The molecule has 0 rings (SSSR count). The maximum atomic E-state index is 12.5. The monoisotopic (exact) mass is 886 g/mol. The van der Waals surface area contributed by atoms with Crippen molar-refractivity contribution < 1.29 is 24.5 Å². The number of hydrogen-bond donors (Lipinski definition) is 3. The van der Waals surface area contributed by atoms with Crippen LogP contribution in [0.3, 0.4) is 0 Å². The van der Waals surface area contributed by atoms with Gasteiger partial charge in [0.15, 0.2) is 0 Å². The summed E-state index contributed by atoms with van der Waals surface area (Å²) in [5.41, 5.74) is 0. The molecule has 2 unspecified atom stereocenters. The van der Waals surface area contributed by atoms with Crippen LogP contribution < -0.4 is 5.32 Å². The Morgan fingerprint density at radius 3 is 1.16 bits per heavy atom. The largest absolute Gasteiger partial charge is 0.466 e. The van der Waals surface area contributed by atoms with E-state index in [1.807, 2.05) is 6.08 Å². The molecule has 370 valence electrons. The van der Waals surface area contributed by atoms with E-state index in [9.17, 15) is 19.8 Å². The van der Waals surface area contributed by atoms with Gasteiger partial charge in [0.1, 0.15) is 0 Å². The number of carbonyl (C=O) groups excluding carboxylic acids is 2. The van der Waals surface area contributed by atoms with Crippen molar-refractivity contribution in [3.8, 4) is 0 Å². The second-order valence-corrected chi connectivity index (χ2v) is 18.9. The Balaban J connectivity index is 3.55. The highest BCUT2D eigenvalue weighted by Gasteiger charge is 2.18. The molecule has 0 spiro atoms. The Morgan fingerprint density at radius 1 is 0.429 bits per heavy atom. The van der Waals surface area contributed by atoms with Gasteiger partial charge in [-0.05, 0) is 89.9 Å². The van der Waals surface area contributed by atoms with Gasteiger partial charge in [-0.2, -0.15) is 0 Å². The number of rotatable bonds is 51. The van der Waals surface area contributed by atoms with Crippen LogP contribution in [0.25, 0.3) is 0 Å². The lowest BCUT2D eigenvalue weighted by molar-refractivity contribution is -0.143. The van der Waals surface area contributed by atoms with Crippen LogP contribution in [0.5, 0.6) is 0 Å². The summed E-state index contributed by atoms with van der Waals surface area (Å²) in [4.78, 5) is 24.5. The van der Waals surface area contributed by atoms with Crippen molar-refractivity contribution in [2.75, 3.05) is 13.2 Å². The second kappa shape index (κ2) is 52.7. The molecule has 0 radical (unpaired) electrons. The first-order valence-electron chi connectivity index (χ1n) is 27.8. The minimum absolute atomic E-state index is 0.0345. The normalized spacial score (nSPS) is 12.9. The molecule has 0 fully saturated rings. The van der Waals surface area contributed by atoms with E-state index in [1.54, 1.807) is 6.08 Å². The molecule has 0 saturated carbocycles. The fraction of sp³-hybridized carbons (Fsp3) is 0.860. The number of nitrogens with one attached hydrogen (secondary N) is 1. The molecule has 0 bridgehead atoms. The Kier molecular flexibility index (Phi) is 51.1. The fourth-order valence-corrected chi connectivity index (χ4v) is 8.33. The quantitative estimate of drug-likeness (QED) is 0.0321. The highest BCUT2D eigenvalue weighted by atomic mass is 16.5. The van der Waals surface area contributed by atoms with Gasteiger partial charge >= 0.3 is 5.97 Å². The highest BCUT2D eigenvalue weighted by Crippen LogP contribution is 2.16. The van der Waals surface area contributed by atoms with Crippen molar-refractivity contribution in [3.05, 3.63) is 36.5 Å². The number of allylic oxidation sites excluding steroid dienone is 5. The first-order chi connectivity index (χ1) is 31.0. The lowest BCUT2D eigenvalue weighted by Crippen LogP contribution is -2.45. The molecule has 6 nitrogen and oxygen atoms in total. The first kappa shape index (κ1) is 61.1. The smallest absolute Gasteiger partial charge is 0.305 e. The van der Waals surface area contributed by atoms with Gasteiger partial charge in [0.25, 0.3) is 0 Å². The van der Waals surface area contributed by atoms with Crippen LogP contribution >= 0.6 is 0 Å². The third-order valence-electron chi connectivity index (χ3n) is 12.6. The molecular weight excluding hydrogens is 779 g/mol. The topological polar surface area (TPSA) is 95.9 Å². The molecule has 0 heterocycles. The van der Waals surface area contributed by atoms with Crippen LogP contribution in [0.4, 0.5) is 0 Å². The lowest BCUT2D eigenvalue weighted by atomic mass is 10.0. The van der Waals surface area contributed by atoms with Crippen LogP contribution in [0, 0.1) is 0 Å². The summed E-state index contributed by atoms with van der Waals surface area (Å²) in [5.74, 6) is -0.127. The summed E-state index contributed by atoms with van der Waals surface area (Å²) in [7, 11) is 0. The third-order valence-corrected chi connectivity index (χ3v) is 12.6. The maximum Gasteiger partial charge on any atom is 0.305 e. The van der Waals surface area contributed by atoms with Gasteiger partial charge in [0, 0.05) is 12.8 Å². The second-order valence-electron chi connectivity index (χ2n) is 18.9. The van der Waals surface area contributed by atoms with Gasteiger partial charge in [-0.1, -0.05) is 224 Å². The van der Waals surface area contributed by atoms with Crippen LogP contribution in [0.2, 0.25) is 0 Å². The molecule has 0 aromatic heterocycles. The summed E-state index contributed by atoms with van der Waals surface area (Å²) in [6.07, 6.45) is 64.4. The molecule has 0 aromatic rings. The van der Waals surface area contributed by atoms with Crippen LogP contribution in [-0.4, -0.2) is 47.4 Å². The van der Waals surface area contributed by atoms with Gasteiger partial charge < -0.3 is 20.3 Å². The van der Waals surface area contributed by atoms with Gasteiger partial charge in [0.05, 0.1) is 25.4 Å². The predicted molar refractivity (Wildman–Crippen MR) is 273 cm³/mol. The Hall–Kier alpha value is -1.92. The van der Waals surface area contributed by atoms with Crippen molar-refractivity contribution in [2.45, 2.75) is 302 Å². The minimum atomic E-state index is -0.862. The summed E-state index contributed by atoms with van der Waals surface area (Å²) >= 11 is 0. The molecular formula is C57H107NO5. The maximum absolute atomic E-state index is 12.5. The summed E-state index contributed by atoms with van der Waals surface area (Å²) in [6, 6.07) is -0.648. The number of aliphatic hydroxyl groups excluding tert-OH is 2.